The van der Waals surface area contributed by atoms with Crippen LogP contribution in [-0.2, 0) is 11.2 Å². The number of ketones is 1. The fourth-order valence-electron chi connectivity index (χ4n) is 5.35. The number of aromatic nitrogens is 1. The van der Waals surface area contributed by atoms with Gasteiger partial charge in [-0.2, -0.15) is 0 Å². The number of amides is 1. The molecule has 1 saturated heterocycles. The van der Waals surface area contributed by atoms with E-state index < -0.39 is 5.76 Å². The predicted octanol–water partition coefficient (Wildman–Crippen LogP) is 3.37. The maximum Gasteiger partial charge on any atom is 0.417 e. The highest BCUT2D eigenvalue weighted by atomic mass is 16.4. The van der Waals surface area contributed by atoms with E-state index in [-0.39, 0.29) is 29.6 Å². The number of likely N-dealkylation sites (tertiary alicyclic amines) is 1. The number of Topliss-reactive ketones (excluding diaryl/α,β-unsaturated/α-hetero) is 1. The number of nitrogens with two attached hydrogens (primary N) is 1. The van der Waals surface area contributed by atoms with E-state index >= 15 is 0 Å². The van der Waals surface area contributed by atoms with Crippen LogP contribution >= 0.6 is 0 Å². The summed E-state index contributed by atoms with van der Waals surface area (Å²) >= 11 is 0. The standard InChI is InChI=1S/C28H36N4O4/c1-4-18-5-7-19(8-6-18)24(31(2)3)15-21-17-32(13-11-22(21)27(29)34)14-12-25(33)20-9-10-23-26(16-20)36-28(35)30-23/h5-10,16,21-22,24H,4,11-15,17H2,1-3H3,(H2,29,34)(H,30,35). The van der Waals surface area contributed by atoms with Gasteiger partial charge in [-0.1, -0.05) is 31.2 Å². The quantitative estimate of drug-likeness (QED) is 0.420. The summed E-state index contributed by atoms with van der Waals surface area (Å²) in [5, 5.41) is 0. The maximum atomic E-state index is 12.9. The van der Waals surface area contributed by atoms with Gasteiger partial charge in [0.1, 0.15) is 0 Å². The normalized spacial score (nSPS) is 19.6. The van der Waals surface area contributed by atoms with Crippen LogP contribution in [0.3, 0.4) is 0 Å². The van der Waals surface area contributed by atoms with Crippen LogP contribution < -0.4 is 11.5 Å². The van der Waals surface area contributed by atoms with E-state index in [0.717, 1.165) is 25.9 Å². The van der Waals surface area contributed by atoms with E-state index in [0.29, 0.717) is 36.0 Å². The highest BCUT2D eigenvalue weighted by molar-refractivity contribution is 5.98. The van der Waals surface area contributed by atoms with Crippen LogP contribution in [0.1, 0.15) is 53.7 Å². The molecule has 3 aromatic rings. The van der Waals surface area contributed by atoms with Crippen molar-refractivity contribution in [2.24, 2.45) is 17.6 Å². The Morgan fingerprint density at radius 3 is 2.61 bits per heavy atom. The van der Waals surface area contributed by atoms with Crippen LogP contribution in [0.5, 0.6) is 0 Å². The zero-order valence-electron chi connectivity index (χ0n) is 21.3. The fraction of sp³-hybridized carbons (Fsp3) is 0.464. The zero-order valence-corrected chi connectivity index (χ0v) is 21.3. The van der Waals surface area contributed by atoms with Gasteiger partial charge < -0.3 is 20.0 Å². The lowest BCUT2D eigenvalue weighted by Crippen LogP contribution is -2.46. The van der Waals surface area contributed by atoms with Crippen molar-refractivity contribution in [3.05, 3.63) is 69.7 Å². The Kier molecular flexibility index (Phi) is 8.06. The molecule has 1 amide bonds. The van der Waals surface area contributed by atoms with E-state index in [4.69, 9.17) is 10.2 Å². The van der Waals surface area contributed by atoms with Gasteiger partial charge in [0.05, 0.1) is 5.52 Å². The fourth-order valence-corrected chi connectivity index (χ4v) is 5.35. The van der Waals surface area contributed by atoms with Crippen molar-refractivity contribution in [2.75, 3.05) is 33.7 Å². The van der Waals surface area contributed by atoms with Gasteiger partial charge in [-0.25, -0.2) is 4.79 Å². The summed E-state index contributed by atoms with van der Waals surface area (Å²) < 4.78 is 5.09. The topological polar surface area (TPSA) is 113 Å². The summed E-state index contributed by atoms with van der Waals surface area (Å²) in [6.07, 6.45) is 2.87. The van der Waals surface area contributed by atoms with Gasteiger partial charge >= 0.3 is 5.76 Å². The van der Waals surface area contributed by atoms with Gasteiger partial charge in [0.15, 0.2) is 11.4 Å². The van der Waals surface area contributed by atoms with E-state index in [1.807, 2.05) is 0 Å². The molecule has 192 valence electrons. The summed E-state index contributed by atoms with van der Waals surface area (Å²) in [7, 11) is 4.14. The molecule has 1 aliphatic heterocycles. The van der Waals surface area contributed by atoms with Crippen LogP contribution in [0, 0.1) is 11.8 Å². The molecule has 0 spiro atoms. The maximum absolute atomic E-state index is 12.9. The van der Waals surface area contributed by atoms with Crippen molar-refractivity contribution in [3.8, 4) is 0 Å². The van der Waals surface area contributed by atoms with Crippen molar-refractivity contribution >= 4 is 22.8 Å². The molecular weight excluding hydrogens is 456 g/mol. The number of primary amides is 1. The van der Waals surface area contributed by atoms with E-state index in [2.05, 4.69) is 60.1 Å². The second-order valence-electron chi connectivity index (χ2n) is 10.1. The molecule has 8 nitrogen and oxygen atoms in total. The van der Waals surface area contributed by atoms with E-state index in [1.165, 1.54) is 11.1 Å². The molecular formula is C28H36N4O4. The smallest absolute Gasteiger partial charge is 0.408 e. The Bertz CT molecular complexity index is 1260. The number of nitrogens with one attached hydrogen (secondary N) is 1. The number of hydrogen-bond acceptors (Lipinski definition) is 6. The van der Waals surface area contributed by atoms with E-state index in [9.17, 15) is 14.4 Å². The number of hydrogen-bond donors (Lipinski definition) is 2. The van der Waals surface area contributed by atoms with Gasteiger partial charge in [0.2, 0.25) is 5.91 Å². The molecule has 1 aliphatic rings. The summed E-state index contributed by atoms with van der Waals surface area (Å²) in [5.41, 5.74) is 9.84. The second kappa shape index (κ2) is 11.2. The minimum absolute atomic E-state index is 0.00324. The molecule has 36 heavy (non-hydrogen) atoms. The molecule has 0 radical (unpaired) electrons. The van der Waals surface area contributed by atoms with Gasteiger partial charge in [-0.15, -0.1) is 0 Å². The number of benzene rings is 2. The minimum atomic E-state index is -0.532. The Balaban J connectivity index is 1.43. The zero-order chi connectivity index (χ0) is 25.8. The van der Waals surface area contributed by atoms with Gasteiger partial charge in [0, 0.05) is 37.0 Å². The molecule has 3 N–H and O–H groups in total. The summed E-state index contributed by atoms with van der Waals surface area (Å²) in [6, 6.07) is 13.9. The van der Waals surface area contributed by atoms with Crippen molar-refractivity contribution < 1.29 is 14.0 Å². The Morgan fingerprint density at radius 2 is 1.94 bits per heavy atom. The first-order valence-corrected chi connectivity index (χ1v) is 12.7. The number of rotatable bonds is 10. The number of H-pyrrole nitrogens is 1. The van der Waals surface area contributed by atoms with Crippen LogP contribution in [0.4, 0.5) is 0 Å². The Labute approximate surface area is 211 Å². The molecule has 1 fully saturated rings. The largest absolute Gasteiger partial charge is 0.417 e. The Morgan fingerprint density at radius 1 is 1.19 bits per heavy atom. The van der Waals surface area contributed by atoms with Crippen molar-refractivity contribution in [2.45, 2.75) is 38.6 Å². The summed E-state index contributed by atoms with van der Waals surface area (Å²) in [5.74, 6) is -0.842. The number of aromatic amines is 1. The number of nitrogens with zero attached hydrogens (tertiary/aromatic N) is 2. The van der Waals surface area contributed by atoms with Crippen LogP contribution in [0.15, 0.2) is 51.7 Å². The van der Waals surface area contributed by atoms with Crippen LogP contribution in [-0.4, -0.2) is 60.2 Å². The summed E-state index contributed by atoms with van der Waals surface area (Å²) in [4.78, 5) is 43.6. The number of carbonyl (C=O) groups is 2. The number of oxazole rings is 1. The van der Waals surface area contributed by atoms with Gasteiger partial charge in [-0.05, 0) is 75.1 Å². The SMILES string of the molecule is CCc1ccc(C(CC2CN(CCC(=O)c3ccc4[nH]c(=O)oc4c3)CCC2C(N)=O)N(C)C)cc1. The molecule has 0 saturated carbocycles. The first-order chi connectivity index (χ1) is 17.2. The second-order valence-corrected chi connectivity index (χ2v) is 10.1. The average Bonchev–Trinajstić information content (AvgIpc) is 3.24. The number of aryl methyl sites for hydroxylation is 1. The first-order valence-electron chi connectivity index (χ1n) is 12.7. The molecule has 2 heterocycles. The first kappa shape index (κ1) is 25.9. The molecule has 0 bridgehead atoms. The highest BCUT2D eigenvalue weighted by Crippen LogP contribution is 2.34. The lowest BCUT2D eigenvalue weighted by Gasteiger charge is -2.40. The molecule has 4 rings (SSSR count). The molecule has 3 atom stereocenters. The third-order valence-electron chi connectivity index (χ3n) is 7.50. The molecule has 2 aromatic carbocycles. The third-order valence-corrected chi connectivity index (χ3v) is 7.50. The molecule has 3 unspecified atom stereocenters. The average molecular weight is 493 g/mol. The summed E-state index contributed by atoms with van der Waals surface area (Å²) in [6.45, 7) is 4.21. The monoisotopic (exact) mass is 492 g/mol. The minimum Gasteiger partial charge on any atom is -0.408 e. The molecule has 1 aromatic heterocycles. The number of piperidine rings is 1. The number of fused-ring (bicyclic) bond motifs is 1. The lowest BCUT2D eigenvalue weighted by atomic mass is 9.79. The van der Waals surface area contributed by atoms with Gasteiger partial charge in [0.25, 0.3) is 0 Å². The highest BCUT2D eigenvalue weighted by Gasteiger charge is 2.35. The molecule has 8 heteroatoms. The van der Waals surface area contributed by atoms with E-state index in [1.54, 1.807) is 18.2 Å². The Hall–Kier alpha value is -3.23. The van der Waals surface area contributed by atoms with Crippen molar-refractivity contribution in [3.63, 3.8) is 0 Å². The van der Waals surface area contributed by atoms with Crippen molar-refractivity contribution in [1.29, 1.82) is 0 Å². The predicted molar refractivity (Wildman–Crippen MR) is 140 cm³/mol. The lowest BCUT2D eigenvalue weighted by molar-refractivity contribution is -0.125. The molecule has 0 aliphatic carbocycles. The third kappa shape index (κ3) is 5.94. The van der Waals surface area contributed by atoms with Crippen LogP contribution in [0.25, 0.3) is 11.1 Å². The van der Waals surface area contributed by atoms with Gasteiger partial charge in [-0.3, -0.25) is 14.6 Å². The number of carbonyl (C=O) groups excluding carboxylic acids is 2. The van der Waals surface area contributed by atoms with Crippen LogP contribution in [0.2, 0.25) is 0 Å². The van der Waals surface area contributed by atoms with Crippen molar-refractivity contribution in [1.82, 2.24) is 14.8 Å².